The molecule has 0 aliphatic carbocycles. The number of cyclic esters (lactones) is 1. The number of esters is 2. The van der Waals surface area contributed by atoms with Gasteiger partial charge in [-0.2, -0.15) is 0 Å². The SMILES string of the molecule is COC(=O)[C@H](O)[C@H]1OC(=O)/C(=C(/C)O)C1=O. The van der Waals surface area contributed by atoms with Crippen molar-refractivity contribution in [2.75, 3.05) is 7.11 Å². The summed E-state index contributed by atoms with van der Waals surface area (Å²) in [6.07, 6.45) is -3.55. The van der Waals surface area contributed by atoms with Gasteiger partial charge in [0, 0.05) is 0 Å². The normalized spacial score (nSPS) is 25.1. The molecule has 0 bridgehead atoms. The van der Waals surface area contributed by atoms with E-state index in [1.165, 1.54) is 0 Å². The number of rotatable bonds is 2. The molecule has 1 aliphatic rings. The molecule has 7 nitrogen and oxygen atoms in total. The Balaban J connectivity index is 2.98. The number of Topliss-reactive ketones (excluding diaryl/α,β-unsaturated/α-hetero) is 1. The molecule has 1 heterocycles. The molecule has 1 fully saturated rings. The summed E-state index contributed by atoms with van der Waals surface area (Å²) in [7, 11) is 1.01. The van der Waals surface area contributed by atoms with E-state index in [1.54, 1.807) is 0 Å². The zero-order chi connectivity index (χ0) is 12.5. The number of ether oxygens (including phenoxy) is 2. The first kappa shape index (κ1) is 12.2. The van der Waals surface area contributed by atoms with Gasteiger partial charge in [0.25, 0.3) is 0 Å². The van der Waals surface area contributed by atoms with E-state index in [1.807, 2.05) is 0 Å². The fraction of sp³-hybridized carbons (Fsp3) is 0.444. The number of carbonyl (C=O) groups excluding carboxylic acids is 3. The van der Waals surface area contributed by atoms with Gasteiger partial charge in [-0.3, -0.25) is 4.79 Å². The first-order chi connectivity index (χ1) is 7.40. The maximum atomic E-state index is 11.5. The first-order valence-electron chi connectivity index (χ1n) is 4.31. The van der Waals surface area contributed by atoms with Crippen LogP contribution in [0.2, 0.25) is 0 Å². The predicted molar refractivity (Wildman–Crippen MR) is 48.2 cm³/mol. The number of allylic oxidation sites excluding steroid dienone is 1. The number of hydrogen-bond donors (Lipinski definition) is 2. The molecule has 88 valence electrons. The molecule has 1 aliphatic heterocycles. The lowest BCUT2D eigenvalue weighted by Crippen LogP contribution is -2.39. The van der Waals surface area contributed by atoms with Crippen molar-refractivity contribution >= 4 is 17.7 Å². The van der Waals surface area contributed by atoms with Crippen LogP contribution in [0.25, 0.3) is 0 Å². The van der Waals surface area contributed by atoms with Gasteiger partial charge in [-0.25, -0.2) is 9.59 Å². The number of carbonyl (C=O) groups is 3. The van der Waals surface area contributed by atoms with Crippen molar-refractivity contribution in [1.82, 2.24) is 0 Å². The van der Waals surface area contributed by atoms with Gasteiger partial charge >= 0.3 is 11.9 Å². The van der Waals surface area contributed by atoms with E-state index in [0.29, 0.717) is 0 Å². The van der Waals surface area contributed by atoms with Crippen molar-refractivity contribution in [2.45, 2.75) is 19.1 Å². The summed E-state index contributed by atoms with van der Waals surface area (Å²) < 4.78 is 8.67. The van der Waals surface area contributed by atoms with Gasteiger partial charge in [-0.1, -0.05) is 0 Å². The van der Waals surface area contributed by atoms with Gasteiger partial charge in [0.15, 0.2) is 6.10 Å². The number of ketones is 1. The monoisotopic (exact) mass is 230 g/mol. The van der Waals surface area contributed by atoms with E-state index in [4.69, 9.17) is 5.11 Å². The zero-order valence-corrected chi connectivity index (χ0v) is 8.59. The van der Waals surface area contributed by atoms with E-state index in [2.05, 4.69) is 9.47 Å². The van der Waals surface area contributed by atoms with Crippen LogP contribution in [0.15, 0.2) is 11.3 Å². The maximum absolute atomic E-state index is 11.5. The Morgan fingerprint density at radius 3 is 2.44 bits per heavy atom. The molecule has 1 rings (SSSR count). The fourth-order valence-electron chi connectivity index (χ4n) is 1.25. The second-order valence-electron chi connectivity index (χ2n) is 3.12. The van der Waals surface area contributed by atoms with Crippen molar-refractivity contribution in [3.63, 3.8) is 0 Å². The third kappa shape index (κ3) is 1.89. The largest absolute Gasteiger partial charge is 0.512 e. The van der Waals surface area contributed by atoms with Crippen LogP contribution in [-0.2, 0) is 23.9 Å². The molecule has 0 aromatic heterocycles. The van der Waals surface area contributed by atoms with Gasteiger partial charge in [-0.05, 0) is 6.92 Å². The van der Waals surface area contributed by atoms with Gasteiger partial charge in [0.1, 0.15) is 11.3 Å². The van der Waals surface area contributed by atoms with Crippen LogP contribution < -0.4 is 0 Å². The lowest BCUT2D eigenvalue weighted by molar-refractivity contribution is -0.163. The predicted octanol–water partition coefficient (Wildman–Crippen LogP) is -1.15. The molecule has 0 spiro atoms. The summed E-state index contributed by atoms with van der Waals surface area (Å²) in [5.74, 6) is -3.63. The molecule has 0 aromatic rings. The highest BCUT2D eigenvalue weighted by Crippen LogP contribution is 2.21. The van der Waals surface area contributed by atoms with Crippen LogP contribution in [0.5, 0.6) is 0 Å². The molecule has 0 unspecified atom stereocenters. The van der Waals surface area contributed by atoms with E-state index >= 15 is 0 Å². The van der Waals surface area contributed by atoms with Gasteiger partial charge < -0.3 is 19.7 Å². The summed E-state index contributed by atoms with van der Waals surface area (Å²) >= 11 is 0. The first-order valence-corrected chi connectivity index (χ1v) is 4.31. The van der Waals surface area contributed by atoms with Gasteiger partial charge in [0.05, 0.1) is 7.11 Å². The van der Waals surface area contributed by atoms with Crippen LogP contribution in [0.1, 0.15) is 6.92 Å². The topological polar surface area (TPSA) is 110 Å². The zero-order valence-electron chi connectivity index (χ0n) is 8.59. The van der Waals surface area contributed by atoms with E-state index in [9.17, 15) is 19.5 Å². The third-order valence-electron chi connectivity index (χ3n) is 2.03. The molecular formula is C9H10O7. The Bertz CT molecular complexity index is 377. The fourth-order valence-corrected chi connectivity index (χ4v) is 1.25. The van der Waals surface area contributed by atoms with Crippen molar-refractivity contribution < 1.29 is 34.1 Å². The summed E-state index contributed by atoms with van der Waals surface area (Å²) in [6, 6.07) is 0. The Morgan fingerprint density at radius 1 is 1.50 bits per heavy atom. The van der Waals surface area contributed by atoms with Crippen LogP contribution in [0, 0.1) is 0 Å². The summed E-state index contributed by atoms with van der Waals surface area (Å²) in [5.41, 5.74) is -0.562. The van der Waals surface area contributed by atoms with Crippen molar-refractivity contribution in [1.29, 1.82) is 0 Å². The van der Waals surface area contributed by atoms with Crippen LogP contribution in [0.4, 0.5) is 0 Å². The number of hydrogen-bond acceptors (Lipinski definition) is 7. The molecule has 2 N–H and O–H groups in total. The minimum absolute atomic E-state index is 0.519. The maximum Gasteiger partial charge on any atom is 0.346 e. The number of aliphatic hydroxyl groups is 2. The summed E-state index contributed by atoms with van der Waals surface area (Å²) in [4.78, 5) is 33.5. The Kier molecular flexibility index (Phi) is 3.28. The van der Waals surface area contributed by atoms with Crippen molar-refractivity contribution in [2.24, 2.45) is 0 Å². The van der Waals surface area contributed by atoms with Crippen molar-refractivity contribution in [3.8, 4) is 0 Å². The molecule has 16 heavy (non-hydrogen) atoms. The Labute approximate surface area is 90.3 Å². The minimum Gasteiger partial charge on any atom is -0.512 e. The Hall–Kier alpha value is -1.89. The van der Waals surface area contributed by atoms with E-state index in [-0.39, 0.29) is 0 Å². The molecule has 0 aromatic carbocycles. The molecule has 0 amide bonds. The highest BCUT2D eigenvalue weighted by Gasteiger charge is 2.47. The smallest absolute Gasteiger partial charge is 0.346 e. The lowest BCUT2D eigenvalue weighted by atomic mass is 10.1. The van der Waals surface area contributed by atoms with Crippen LogP contribution >= 0.6 is 0 Å². The van der Waals surface area contributed by atoms with E-state index in [0.717, 1.165) is 14.0 Å². The molecule has 2 atom stereocenters. The Morgan fingerprint density at radius 2 is 2.06 bits per heavy atom. The minimum atomic E-state index is -1.89. The highest BCUT2D eigenvalue weighted by atomic mass is 16.6. The summed E-state index contributed by atoms with van der Waals surface area (Å²) in [6.45, 7) is 1.13. The standard InChI is InChI=1S/C9H10O7/c1-3(10)4-5(11)7(16-8(4)13)6(12)9(14)15-2/h6-7,10,12H,1-2H3/b4-3-/t6-,7+/m1/s1. The average molecular weight is 230 g/mol. The second kappa shape index (κ2) is 4.31. The van der Waals surface area contributed by atoms with Gasteiger partial charge in [-0.15, -0.1) is 0 Å². The highest BCUT2D eigenvalue weighted by molar-refractivity contribution is 6.24. The summed E-state index contributed by atoms with van der Waals surface area (Å²) in [5, 5.41) is 18.4. The third-order valence-corrected chi connectivity index (χ3v) is 2.03. The quantitative estimate of drug-likeness (QED) is 0.266. The van der Waals surface area contributed by atoms with Crippen molar-refractivity contribution in [3.05, 3.63) is 11.3 Å². The van der Waals surface area contributed by atoms with E-state index < -0.39 is 41.3 Å². The average Bonchev–Trinajstić information content (AvgIpc) is 2.51. The molecule has 0 saturated carbocycles. The number of aliphatic hydroxyl groups excluding tert-OH is 2. The molecule has 1 saturated heterocycles. The number of methoxy groups -OCH3 is 1. The van der Waals surface area contributed by atoms with Gasteiger partial charge in [0.2, 0.25) is 11.9 Å². The molecule has 0 radical (unpaired) electrons. The second-order valence-corrected chi connectivity index (χ2v) is 3.12. The van der Waals surface area contributed by atoms with Crippen LogP contribution in [0.3, 0.4) is 0 Å². The lowest BCUT2D eigenvalue weighted by Gasteiger charge is -2.12. The molecular weight excluding hydrogens is 220 g/mol. The van der Waals surface area contributed by atoms with Crippen LogP contribution in [-0.4, -0.2) is 47.3 Å². The molecule has 7 heteroatoms.